The van der Waals surface area contributed by atoms with E-state index >= 15 is 0 Å². The molecule has 0 bridgehead atoms. The van der Waals surface area contributed by atoms with Gasteiger partial charge in [0.2, 0.25) is 11.8 Å². The summed E-state index contributed by atoms with van der Waals surface area (Å²) in [4.78, 5) is 8.44. The Morgan fingerprint density at radius 3 is 2.89 bits per heavy atom. The maximum atomic E-state index is 5.92. The second kappa shape index (κ2) is 6.29. The maximum Gasteiger partial charge on any atom is 0.243 e. The van der Waals surface area contributed by atoms with Gasteiger partial charge in [0.15, 0.2) is 5.82 Å². The van der Waals surface area contributed by atoms with E-state index < -0.39 is 0 Å². The number of hydrogen-bond donors (Lipinski definition) is 1. The molecule has 2 aromatic rings. The van der Waals surface area contributed by atoms with Crippen LogP contribution in [0.2, 0.25) is 0 Å². The first-order valence-corrected chi connectivity index (χ1v) is 6.30. The van der Waals surface area contributed by atoms with E-state index in [1.807, 2.05) is 6.07 Å². The summed E-state index contributed by atoms with van der Waals surface area (Å²) in [6, 6.07) is 3.55. The zero-order valence-electron chi connectivity index (χ0n) is 11.2. The highest BCUT2D eigenvalue weighted by Crippen LogP contribution is 2.15. The van der Waals surface area contributed by atoms with Gasteiger partial charge in [0.25, 0.3) is 0 Å². The van der Waals surface area contributed by atoms with E-state index in [4.69, 9.17) is 15.0 Å². The van der Waals surface area contributed by atoms with Crippen LogP contribution >= 0.6 is 0 Å². The summed E-state index contributed by atoms with van der Waals surface area (Å²) in [5.74, 6) is 1.70. The molecule has 0 aliphatic rings. The van der Waals surface area contributed by atoms with Crippen LogP contribution < -0.4 is 10.5 Å². The Bertz CT molecular complexity index is 510. The first kappa shape index (κ1) is 13.5. The lowest BCUT2D eigenvalue weighted by Crippen LogP contribution is -2.10. The molecule has 2 N–H and O–H groups in total. The van der Waals surface area contributed by atoms with Gasteiger partial charge in [0.05, 0.1) is 13.2 Å². The fourth-order valence-electron chi connectivity index (χ4n) is 1.74. The molecule has 2 rings (SSSR count). The van der Waals surface area contributed by atoms with Crippen molar-refractivity contribution in [2.45, 2.75) is 32.2 Å². The largest absolute Gasteiger partial charge is 0.481 e. The number of rotatable bonds is 6. The van der Waals surface area contributed by atoms with Gasteiger partial charge in [-0.1, -0.05) is 24.6 Å². The monoisotopic (exact) mass is 262 g/mol. The van der Waals surface area contributed by atoms with Gasteiger partial charge in [-0.15, -0.1) is 0 Å². The molecule has 0 saturated heterocycles. The van der Waals surface area contributed by atoms with E-state index in [0.717, 1.165) is 18.4 Å². The van der Waals surface area contributed by atoms with Crippen molar-refractivity contribution < 1.29 is 9.26 Å². The van der Waals surface area contributed by atoms with Crippen LogP contribution in [0.1, 0.15) is 43.1 Å². The molecule has 6 heteroatoms. The number of nitrogens with zero attached hydrogens (tertiary/aromatic N) is 3. The summed E-state index contributed by atoms with van der Waals surface area (Å²) < 4.78 is 10.2. The Balaban J connectivity index is 2.02. The predicted molar refractivity (Wildman–Crippen MR) is 69.7 cm³/mol. The van der Waals surface area contributed by atoms with E-state index in [0.29, 0.717) is 24.0 Å². The van der Waals surface area contributed by atoms with Crippen molar-refractivity contribution in [1.82, 2.24) is 15.1 Å². The first-order valence-electron chi connectivity index (χ1n) is 6.30. The van der Waals surface area contributed by atoms with E-state index in [2.05, 4.69) is 22.0 Å². The molecule has 2 aromatic heterocycles. The second-order valence-corrected chi connectivity index (χ2v) is 4.33. The van der Waals surface area contributed by atoms with Crippen LogP contribution in [-0.2, 0) is 6.42 Å². The predicted octanol–water partition coefficient (Wildman–Crippen LogP) is 1.86. The van der Waals surface area contributed by atoms with Crippen LogP contribution in [0.25, 0.3) is 0 Å². The molecule has 6 nitrogen and oxygen atoms in total. The quantitative estimate of drug-likeness (QED) is 0.855. The minimum atomic E-state index is -0.180. The minimum Gasteiger partial charge on any atom is -0.481 e. The van der Waals surface area contributed by atoms with Gasteiger partial charge in [-0.3, -0.25) is 0 Å². The molecule has 2 heterocycles. The van der Waals surface area contributed by atoms with Crippen molar-refractivity contribution in [3.8, 4) is 5.88 Å². The highest BCUT2D eigenvalue weighted by Gasteiger charge is 2.14. The lowest BCUT2D eigenvalue weighted by atomic mass is 10.2. The summed E-state index contributed by atoms with van der Waals surface area (Å²) in [5.41, 5.74) is 6.92. The normalized spacial score (nSPS) is 12.4. The van der Waals surface area contributed by atoms with Crippen LogP contribution in [0.4, 0.5) is 0 Å². The summed E-state index contributed by atoms with van der Waals surface area (Å²) in [6.45, 7) is 2.07. The lowest BCUT2D eigenvalue weighted by Gasteiger charge is -2.02. The third-order valence-corrected chi connectivity index (χ3v) is 2.77. The van der Waals surface area contributed by atoms with E-state index in [9.17, 15) is 0 Å². The summed E-state index contributed by atoms with van der Waals surface area (Å²) in [7, 11) is 1.59. The van der Waals surface area contributed by atoms with Crippen molar-refractivity contribution in [3.63, 3.8) is 0 Å². The molecule has 102 valence electrons. The highest BCUT2D eigenvalue weighted by molar-refractivity contribution is 5.20. The van der Waals surface area contributed by atoms with Gasteiger partial charge in [0.1, 0.15) is 0 Å². The molecule has 0 amide bonds. The maximum absolute atomic E-state index is 5.92. The Morgan fingerprint density at radius 1 is 1.42 bits per heavy atom. The standard InChI is InChI=1S/C13H18N4O2/c1-3-4-10(14)13-16-11(17-19-13)7-9-5-6-12(18-2)15-8-9/h5-6,8,10H,3-4,7,14H2,1-2H3. The van der Waals surface area contributed by atoms with Crippen LogP contribution in [0.15, 0.2) is 22.9 Å². The number of ether oxygens (including phenoxy) is 1. The fraction of sp³-hybridized carbons (Fsp3) is 0.462. The van der Waals surface area contributed by atoms with Gasteiger partial charge in [-0.2, -0.15) is 4.98 Å². The molecule has 0 aliphatic heterocycles. The van der Waals surface area contributed by atoms with Crippen LogP contribution in [0, 0.1) is 0 Å². The Hall–Kier alpha value is -1.95. The number of aromatic nitrogens is 3. The van der Waals surface area contributed by atoms with Crippen molar-refractivity contribution in [3.05, 3.63) is 35.6 Å². The van der Waals surface area contributed by atoms with Gasteiger partial charge in [-0.25, -0.2) is 4.98 Å². The zero-order chi connectivity index (χ0) is 13.7. The molecule has 0 aliphatic carbocycles. The lowest BCUT2D eigenvalue weighted by molar-refractivity contribution is 0.345. The van der Waals surface area contributed by atoms with Gasteiger partial charge >= 0.3 is 0 Å². The Kier molecular flexibility index (Phi) is 4.46. The van der Waals surface area contributed by atoms with Crippen molar-refractivity contribution >= 4 is 0 Å². The third kappa shape index (κ3) is 3.51. The number of pyridine rings is 1. The molecule has 0 radical (unpaired) electrons. The van der Waals surface area contributed by atoms with Crippen LogP contribution in [0.3, 0.4) is 0 Å². The molecule has 0 aromatic carbocycles. The van der Waals surface area contributed by atoms with Crippen LogP contribution in [0.5, 0.6) is 5.88 Å². The van der Waals surface area contributed by atoms with Gasteiger partial charge in [-0.05, 0) is 12.0 Å². The smallest absolute Gasteiger partial charge is 0.243 e. The first-order chi connectivity index (χ1) is 9.22. The molecule has 1 atom stereocenters. The van der Waals surface area contributed by atoms with Gasteiger partial charge in [0, 0.05) is 18.7 Å². The average molecular weight is 262 g/mol. The molecule has 19 heavy (non-hydrogen) atoms. The molecular formula is C13H18N4O2. The van der Waals surface area contributed by atoms with Crippen molar-refractivity contribution in [1.29, 1.82) is 0 Å². The SMILES string of the molecule is CCCC(N)c1nc(Cc2ccc(OC)nc2)no1. The summed E-state index contributed by atoms with van der Waals surface area (Å²) in [6.07, 6.45) is 4.13. The average Bonchev–Trinajstić information content (AvgIpc) is 2.88. The molecule has 0 saturated carbocycles. The molecule has 1 unspecified atom stereocenters. The Labute approximate surface area is 112 Å². The Morgan fingerprint density at radius 2 is 2.26 bits per heavy atom. The fourth-order valence-corrected chi connectivity index (χ4v) is 1.74. The van der Waals surface area contributed by atoms with E-state index in [-0.39, 0.29) is 6.04 Å². The third-order valence-electron chi connectivity index (χ3n) is 2.77. The highest BCUT2D eigenvalue weighted by atomic mass is 16.5. The van der Waals surface area contributed by atoms with E-state index in [1.165, 1.54) is 0 Å². The number of nitrogens with two attached hydrogens (primary N) is 1. The van der Waals surface area contributed by atoms with E-state index in [1.54, 1.807) is 19.4 Å². The summed E-state index contributed by atoms with van der Waals surface area (Å²) >= 11 is 0. The molecule has 0 spiro atoms. The second-order valence-electron chi connectivity index (χ2n) is 4.33. The van der Waals surface area contributed by atoms with Crippen molar-refractivity contribution in [2.24, 2.45) is 5.73 Å². The topological polar surface area (TPSA) is 87.1 Å². The van der Waals surface area contributed by atoms with Gasteiger partial charge < -0.3 is 15.0 Å². The number of hydrogen-bond acceptors (Lipinski definition) is 6. The summed E-state index contributed by atoms with van der Waals surface area (Å²) in [5, 5.41) is 3.93. The number of methoxy groups -OCH3 is 1. The van der Waals surface area contributed by atoms with Crippen LogP contribution in [-0.4, -0.2) is 22.2 Å². The molecular weight excluding hydrogens is 244 g/mol. The minimum absolute atomic E-state index is 0.180. The zero-order valence-corrected chi connectivity index (χ0v) is 11.2. The van der Waals surface area contributed by atoms with Crippen molar-refractivity contribution in [2.75, 3.05) is 7.11 Å². The molecule has 0 fully saturated rings.